The molecule has 0 spiro atoms. The van der Waals surface area contributed by atoms with Crippen LogP contribution in [0.4, 0.5) is 4.79 Å². The Morgan fingerprint density at radius 1 is 1.13 bits per heavy atom. The number of carbonyl (C=O) groups excluding carboxylic acids is 1. The molecule has 0 aliphatic rings. The van der Waals surface area contributed by atoms with E-state index in [-0.39, 0.29) is 0 Å². The molecule has 0 saturated heterocycles. The average Bonchev–Trinajstić information content (AvgIpc) is 2.85. The summed E-state index contributed by atoms with van der Waals surface area (Å²) in [5, 5.41) is 5.29. The molecule has 0 atom stereocenters. The van der Waals surface area contributed by atoms with Gasteiger partial charge in [0, 0.05) is 5.39 Å². The van der Waals surface area contributed by atoms with E-state index in [4.69, 9.17) is 4.74 Å². The lowest BCUT2D eigenvalue weighted by Crippen LogP contribution is -2.27. The van der Waals surface area contributed by atoms with Crippen LogP contribution in [0.15, 0.2) is 47.1 Å². The minimum absolute atomic E-state index is 0.505. The van der Waals surface area contributed by atoms with Gasteiger partial charge in [-0.1, -0.05) is 24.3 Å². The number of ether oxygens (including phenoxy) is 1. The van der Waals surface area contributed by atoms with Crippen LogP contribution in [0.25, 0.3) is 22.3 Å². The number of fused-ring (bicyclic) bond motifs is 1. The van der Waals surface area contributed by atoms with Crippen molar-refractivity contribution >= 4 is 32.9 Å². The zero-order valence-electron chi connectivity index (χ0n) is 13.1. The van der Waals surface area contributed by atoms with E-state index in [9.17, 15) is 4.79 Å². The molecule has 0 radical (unpaired) electrons. The van der Waals surface area contributed by atoms with Crippen molar-refractivity contribution in [2.24, 2.45) is 0 Å². The van der Waals surface area contributed by atoms with Crippen LogP contribution in [0.1, 0.15) is 20.8 Å². The molecule has 0 amide bonds. The first-order valence-corrected chi connectivity index (χ1v) is 7.98. The van der Waals surface area contributed by atoms with E-state index in [1.807, 2.05) is 63.2 Å². The molecular weight excluding hydrogens is 358 g/mol. The molecule has 0 aliphatic heterocycles. The number of aromatic nitrogens is 3. The molecule has 1 aromatic carbocycles. The van der Waals surface area contributed by atoms with Crippen LogP contribution in [0.3, 0.4) is 0 Å². The van der Waals surface area contributed by atoms with Crippen LogP contribution in [0.5, 0.6) is 0 Å². The van der Waals surface area contributed by atoms with Crippen LogP contribution in [-0.2, 0) is 4.74 Å². The molecule has 118 valence electrons. The van der Waals surface area contributed by atoms with E-state index in [2.05, 4.69) is 26.0 Å². The summed E-state index contributed by atoms with van der Waals surface area (Å²) in [5.74, 6) is 0. The highest BCUT2D eigenvalue weighted by molar-refractivity contribution is 9.10. The van der Waals surface area contributed by atoms with Gasteiger partial charge in [0.1, 0.15) is 15.9 Å². The Hall–Kier alpha value is -2.21. The molecule has 2 aromatic heterocycles. The number of rotatable bonds is 1. The number of hydrogen-bond donors (Lipinski definition) is 0. The van der Waals surface area contributed by atoms with E-state index >= 15 is 0 Å². The first kappa shape index (κ1) is 15.7. The van der Waals surface area contributed by atoms with Crippen LogP contribution in [0, 0.1) is 0 Å². The third-order valence-electron chi connectivity index (χ3n) is 3.11. The van der Waals surface area contributed by atoms with Gasteiger partial charge in [-0.2, -0.15) is 9.78 Å². The smallest absolute Gasteiger partial charge is 0.435 e. The molecule has 23 heavy (non-hydrogen) atoms. The van der Waals surface area contributed by atoms with Crippen molar-refractivity contribution in [2.45, 2.75) is 26.4 Å². The highest BCUT2D eigenvalue weighted by atomic mass is 79.9. The third kappa shape index (κ3) is 3.27. The Labute approximate surface area is 142 Å². The minimum Gasteiger partial charge on any atom is -0.442 e. The number of hydrogen-bond acceptors (Lipinski definition) is 4. The molecule has 0 unspecified atom stereocenters. The zero-order chi connectivity index (χ0) is 16.6. The molecule has 2 heterocycles. The van der Waals surface area contributed by atoms with Gasteiger partial charge >= 0.3 is 6.09 Å². The van der Waals surface area contributed by atoms with Crippen molar-refractivity contribution in [3.05, 3.63) is 47.1 Å². The average molecular weight is 374 g/mol. The second kappa shape index (κ2) is 5.77. The molecule has 0 N–H and O–H groups in total. The van der Waals surface area contributed by atoms with E-state index in [0.29, 0.717) is 21.5 Å². The van der Waals surface area contributed by atoms with Crippen molar-refractivity contribution in [3.8, 4) is 11.4 Å². The van der Waals surface area contributed by atoms with E-state index < -0.39 is 11.7 Å². The van der Waals surface area contributed by atoms with E-state index in [1.54, 1.807) is 0 Å². The summed E-state index contributed by atoms with van der Waals surface area (Å²) < 4.78 is 7.44. The maximum atomic E-state index is 12.4. The second-order valence-corrected chi connectivity index (χ2v) is 6.92. The predicted molar refractivity (Wildman–Crippen MR) is 92.3 cm³/mol. The fourth-order valence-corrected chi connectivity index (χ4v) is 2.58. The molecule has 5 nitrogen and oxygen atoms in total. The molecule has 0 aliphatic carbocycles. The standard InChI is InChI=1S/C17H16BrN3O2/c1-17(2,3)23-16(22)21-13-9-5-4-7-11(13)15(20-21)12-8-6-10-14(18)19-12/h4-10H,1-3H3. The summed E-state index contributed by atoms with van der Waals surface area (Å²) >= 11 is 3.36. The SMILES string of the molecule is CC(C)(C)OC(=O)n1nc(-c2cccc(Br)n2)c2ccccc21. The Morgan fingerprint density at radius 3 is 2.57 bits per heavy atom. The van der Waals surface area contributed by atoms with E-state index in [1.165, 1.54) is 4.68 Å². The number of pyridine rings is 1. The quantitative estimate of drug-likeness (QED) is 0.582. The number of carbonyl (C=O) groups is 1. The van der Waals surface area contributed by atoms with Gasteiger partial charge in [0.2, 0.25) is 0 Å². The highest BCUT2D eigenvalue weighted by Crippen LogP contribution is 2.28. The third-order valence-corrected chi connectivity index (χ3v) is 3.55. The Bertz CT molecular complexity index is 881. The van der Waals surface area contributed by atoms with Gasteiger partial charge in [-0.25, -0.2) is 9.78 Å². The van der Waals surface area contributed by atoms with Gasteiger partial charge in [0.05, 0.1) is 11.2 Å². The Morgan fingerprint density at radius 2 is 1.87 bits per heavy atom. The maximum absolute atomic E-state index is 12.4. The Kier molecular flexibility index (Phi) is 3.93. The summed E-state index contributed by atoms with van der Waals surface area (Å²) in [6.07, 6.45) is -0.505. The zero-order valence-corrected chi connectivity index (χ0v) is 14.7. The lowest BCUT2D eigenvalue weighted by Gasteiger charge is -2.19. The molecule has 0 fully saturated rings. The summed E-state index contributed by atoms with van der Waals surface area (Å²) in [7, 11) is 0. The van der Waals surface area contributed by atoms with Gasteiger partial charge in [-0.15, -0.1) is 0 Å². The number of nitrogens with zero attached hydrogens (tertiary/aromatic N) is 3. The van der Waals surface area contributed by atoms with Crippen LogP contribution in [-0.4, -0.2) is 26.5 Å². The molecular formula is C17H16BrN3O2. The predicted octanol–water partition coefficient (Wildman–Crippen LogP) is 4.64. The number of para-hydroxylation sites is 1. The summed E-state index contributed by atoms with van der Waals surface area (Å²) in [6, 6.07) is 13.1. The van der Waals surface area contributed by atoms with E-state index in [0.717, 1.165) is 5.39 Å². The van der Waals surface area contributed by atoms with Crippen molar-refractivity contribution in [1.82, 2.24) is 14.8 Å². The molecule has 3 aromatic rings. The minimum atomic E-state index is -0.585. The summed E-state index contributed by atoms with van der Waals surface area (Å²) in [5.41, 5.74) is 1.45. The summed E-state index contributed by atoms with van der Waals surface area (Å²) in [4.78, 5) is 16.9. The molecule has 0 saturated carbocycles. The maximum Gasteiger partial charge on any atom is 0.435 e. The van der Waals surface area contributed by atoms with Gasteiger partial charge in [-0.3, -0.25) is 0 Å². The second-order valence-electron chi connectivity index (χ2n) is 6.10. The van der Waals surface area contributed by atoms with Crippen molar-refractivity contribution in [1.29, 1.82) is 0 Å². The van der Waals surface area contributed by atoms with Crippen LogP contribution in [0.2, 0.25) is 0 Å². The largest absolute Gasteiger partial charge is 0.442 e. The molecule has 0 bridgehead atoms. The van der Waals surface area contributed by atoms with Crippen molar-refractivity contribution < 1.29 is 9.53 Å². The van der Waals surface area contributed by atoms with Gasteiger partial charge in [0.15, 0.2) is 0 Å². The van der Waals surface area contributed by atoms with Gasteiger partial charge in [0.25, 0.3) is 0 Å². The normalized spacial score (nSPS) is 11.7. The first-order chi connectivity index (χ1) is 10.8. The fourth-order valence-electron chi connectivity index (χ4n) is 2.24. The topological polar surface area (TPSA) is 57.0 Å². The summed E-state index contributed by atoms with van der Waals surface area (Å²) in [6.45, 7) is 5.48. The number of halogens is 1. The van der Waals surface area contributed by atoms with Gasteiger partial charge < -0.3 is 4.74 Å². The lowest BCUT2D eigenvalue weighted by atomic mass is 10.1. The van der Waals surface area contributed by atoms with Gasteiger partial charge in [-0.05, 0) is 54.9 Å². The highest BCUT2D eigenvalue weighted by Gasteiger charge is 2.22. The van der Waals surface area contributed by atoms with Crippen molar-refractivity contribution in [2.75, 3.05) is 0 Å². The fraction of sp³-hybridized carbons (Fsp3) is 0.235. The number of benzene rings is 1. The monoisotopic (exact) mass is 373 g/mol. The first-order valence-electron chi connectivity index (χ1n) is 7.19. The molecule has 3 rings (SSSR count). The molecule has 6 heteroatoms. The Balaban J connectivity index is 2.16. The lowest BCUT2D eigenvalue weighted by molar-refractivity contribution is 0.0523. The van der Waals surface area contributed by atoms with Crippen molar-refractivity contribution in [3.63, 3.8) is 0 Å². The van der Waals surface area contributed by atoms with Crippen LogP contribution < -0.4 is 0 Å². The van der Waals surface area contributed by atoms with Crippen LogP contribution >= 0.6 is 15.9 Å².